The molecule has 1 aliphatic rings. The van der Waals surface area contributed by atoms with Gasteiger partial charge in [0.2, 0.25) is 0 Å². The zero-order valence-electron chi connectivity index (χ0n) is 13.8. The maximum atomic E-state index is 12.9. The Kier molecular flexibility index (Phi) is 4.74. The molecule has 0 aliphatic carbocycles. The van der Waals surface area contributed by atoms with Gasteiger partial charge in [0.05, 0.1) is 6.04 Å². The molecule has 1 saturated heterocycles. The van der Waals surface area contributed by atoms with Gasteiger partial charge in [-0.25, -0.2) is 0 Å². The van der Waals surface area contributed by atoms with Crippen LogP contribution in [0.3, 0.4) is 0 Å². The zero-order valence-corrected chi connectivity index (χ0v) is 13.8. The second-order valence-corrected chi connectivity index (χ2v) is 6.67. The molecule has 1 atom stereocenters. The number of nitrogens with zero attached hydrogens (tertiary/aromatic N) is 3. The van der Waals surface area contributed by atoms with Gasteiger partial charge in [0.15, 0.2) is 0 Å². The van der Waals surface area contributed by atoms with E-state index in [2.05, 4.69) is 35.1 Å². The van der Waals surface area contributed by atoms with Crippen molar-refractivity contribution < 1.29 is 4.79 Å². The van der Waals surface area contributed by atoms with Gasteiger partial charge in [-0.3, -0.25) is 14.9 Å². The van der Waals surface area contributed by atoms with Crippen molar-refractivity contribution in [1.29, 1.82) is 0 Å². The van der Waals surface area contributed by atoms with Crippen molar-refractivity contribution in [2.24, 2.45) is 5.92 Å². The third-order valence-corrected chi connectivity index (χ3v) is 4.31. The largest absolute Gasteiger partial charge is 0.330 e. The fourth-order valence-corrected chi connectivity index (χ4v) is 3.26. The van der Waals surface area contributed by atoms with Crippen LogP contribution in [0.1, 0.15) is 60.9 Å². The molecule has 0 radical (unpaired) electrons. The van der Waals surface area contributed by atoms with Crippen LogP contribution in [0.15, 0.2) is 30.6 Å². The number of likely N-dealkylation sites (tertiary alicyclic amines) is 1. The molecule has 0 saturated carbocycles. The maximum absolute atomic E-state index is 12.9. The molecule has 1 N–H and O–H groups in total. The van der Waals surface area contributed by atoms with E-state index in [0.29, 0.717) is 11.6 Å². The zero-order chi connectivity index (χ0) is 16.2. The summed E-state index contributed by atoms with van der Waals surface area (Å²) in [6, 6.07) is 5.99. The normalized spacial score (nSPS) is 18.4. The monoisotopic (exact) mass is 312 g/mol. The molecule has 0 spiro atoms. The fraction of sp³-hybridized carbons (Fsp3) is 0.500. The molecule has 23 heavy (non-hydrogen) atoms. The molecule has 3 rings (SSSR count). The maximum Gasteiger partial charge on any atom is 0.274 e. The van der Waals surface area contributed by atoms with Crippen molar-refractivity contribution in [2.75, 3.05) is 6.54 Å². The molecule has 1 amide bonds. The third-order valence-electron chi connectivity index (χ3n) is 4.31. The van der Waals surface area contributed by atoms with Crippen molar-refractivity contribution in [1.82, 2.24) is 20.1 Å². The smallest absolute Gasteiger partial charge is 0.274 e. The Morgan fingerprint density at radius 2 is 2.30 bits per heavy atom. The Morgan fingerprint density at radius 3 is 3.04 bits per heavy atom. The van der Waals surface area contributed by atoms with Crippen molar-refractivity contribution in [3.8, 4) is 0 Å². The number of pyridine rings is 1. The van der Waals surface area contributed by atoms with E-state index in [4.69, 9.17) is 0 Å². The van der Waals surface area contributed by atoms with Gasteiger partial charge in [0, 0.05) is 24.6 Å². The van der Waals surface area contributed by atoms with Crippen LogP contribution in [0.5, 0.6) is 0 Å². The SMILES string of the molecule is CC(C)Cc1cc(C(=O)N2CCCC[C@H]2c2cccnc2)n[nH]1. The molecule has 5 heteroatoms. The Hall–Kier alpha value is -2.17. The van der Waals surface area contributed by atoms with E-state index in [-0.39, 0.29) is 11.9 Å². The number of H-pyrrole nitrogens is 1. The van der Waals surface area contributed by atoms with Crippen molar-refractivity contribution >= 4 is 5.91 Å². The summed E-state index contributed by atoms with van der Waals surface area (Å²) in [5, 5.41) is 7.24. The Labute approximate surface area is 137 Å². The fourth-order valence-electron chi connectivity index (χ4n) is 3.26. The quantitative estimate of drug-likeness (QED) is 0.941. The average Bonchev–Trinajstić information content (AvgIpc) is 3.03. The first kappa shape index (κ1) is 15.7. The minimum absolute atomic E-state index is 0.0183. The minimum Gasteiger partial charge on any atom is -0.330 e. The van der Waals surface area contributed by atoms with Crippen LogP contribution in [-0.4, -0.2) is 32.5 Å². The molecule has 2 aromatic heterocycles. The van der Waals surface area contributed by atoms with Crippen LogP contribution >= 0.6 is 0 Å². The number of piperidine rings is 1. The minimum atomic E-state index is 0.0183. The second kappa shape index (κ2) is 6.94. The first-order valence-corrected chi connectivity index (χ1v) is 8.40. The van der Waals surface area contributed by atoms with Gasteiger partial charge in [-0.15, -0.1) is 0 Å². The second-order valence-electron chi connectivity index (χ2n) is 6.67. The lowest BCUT2D eigenvalue weighted by Gasteiger charge is -2.35. The van der Waals surface area contributed by atoms with Gasteiger partial charge >= 0.3 is 0 Å². The molecule has 0 aromatic carbocycles. The number of carbonyl (C=O) groups is 1. The van der Waals surface area contributed by atoms with Crippen LogP contribution in [-0.2, 0) is 6.42 Å². The van der Waals surface area contributed by atoms with Crippen LogP contribution in [0.4, 0.5) is 0 Å². The van der Waals surface area contributed by atoms with Gasteiger partial charge in [0.25, 0.3) is 5.91 Å². The molecule has 122 valence electrons. The number of aromatic amines is 1. The number of hydrogen-bond donors (Lipinski definition) is 1. The van der Waals surface area contributed by atoms with Gasteiger partial charge < -0.3 is 4.90 Å². The van der Waals surface area contributed by atoms with Crippen molar-refractivity contribution in [3.63, 3.8) is 0 Å². The summed E-state index contributed by atoms with van der Waals surface area (Å²) < 4.78 is 0. The highest BCUT2D eigenvalue weighted by molar-refractivity contribution is 5.92. The Bertz CT molecular complexity index is 650. The third kappa shape index (κ3) is 3.60. The van der Waals surface area contributed by atoms with Gasteiger partial charge in [-0.1, -0.05) is 19.9 Å². The summed E-state index contributed by atoms with van der Waals surface area (Å²) in [6.45, 7) is 5.10. The summed E-state index contributed by atoms with van der Waals surface area (Å²) in [6.07, 6.45) is 7.72. The molecule has 1 fully saturated rings. The summed E-state index contributed by atoms with van der Waals surface area (Å²) in [5.41, 5.74) is 2.66. The number of carbonyl (C=O) groups excluding carboxylic acids is 1. The number of nitrogens with one attached hydrogen (secondary N) is 1. The Morgan fingerprint density at radius 1 is 1.43 bits per heavy atom. The summed E-state index contributed by atoms with van der Waals surface area (Å²) in [5.74, 6) is 0.557. The number of rotatable bonds is 4. The van der Waals surface area contributed by atoms with E-state index in [0.717, 1.165) is 43.5 Å². The van der Waals surface area contributed by atoms with E-state index in [1.807, 2.05) is 23.2 Å². The molecule has 0 unspecified atom stereocenters. The summed E-state index contributed by atoms with van der Waals surface area (Å²) >= 11 is 0. The highest BCUT2D eigenvalue weighted by atomic mass is 16.2. The van der Waals surface area contributed by atoms with Crippen LogP contribution in [0, 0.1) is 5.92 Å². The Balaban J connectivity index is 1.80. The average molecular weight is 312 g/mol. The standard InChI is InChI=1S/C18H24N4O/c1-13(2)10-15-11-16(21-20-15)18(23)22-9-4-3-7-17(22)14-6-5-8-19-12-14/h5-6,8,11-13,17H,3-4,7,9-10H2,1-2H3,(H,20,21)/t17-/m0/s1. The highest BCUT2D eigenvalue weighted by Gasteiger charge is 2.30. The lowest BCUT2D eigenvalue weighted by molar-refractivity contribution is 0.0605. The number of aromatic nitrogens is 3. The molecule has 1 aliphatic heterocycles. The summed E-state index contributed by atoms with van der Waals surface area (Å²) in [7, 11) is 0. The van der Waals surface area contributed by atoms with Crippen molar-refractivity contribution in [3.05, 3.63) is 47.5 Å². The predicted octanol–water partition coefficient (Wildman–Crippen LogP) is 3.37. The van der Waals surface area contributed by atoms with E-state index in [1.165, 1.54) is 0 Å². The van der Waals surface area contributed by atoms with Crippen LogP contribution in [0.25, 0.3) is 0 Å². The van der Waals surface area contributed by atoms with E-state index in [1.54, 1.807) is 6.20 Å². The van der Waals surface area contributed by atoms with E-state index in [9.17, 15) is 4.79 Å². The van der Waals surface area contributed by atoms with E-state index < -0.39 is 0 Å². The molecular weight excluding hydrogens is 288 g/mol. The molecular formula is C18H24N4O. The van der Waals surface area contributed by atoms with Gasteiger partial charge in [-0.05, 0) is 49.3 Å². The van der Waals surface area contributed by atoms with Gasteiger partial charge in [-0.2, -0.15) is 5.10 Å². The van der Waals surface area contributed by atoms with E-state index >= 15 is 0 Å². The number of hydrogen-bond acceptors (Lipinski definition) is 3. The molecule has 3 heterocycles. The highest BCUT2D eigenvalue weighted by Crippen LogP contribution is 2.31. The topological polar surface area (TPSA) is 61.9 Å². The molecule has 5 nitrogen and oxygen atoms in total. The van der Waals surface area contributed by atoms with Crippen molar-refractivity contribution in [2.45, 2.75) is 45.6 Å². The van der Waals surface area contributed by atoms with Crippen LogP contribution < -0.4 is 0 Å². The lowest BCUT2D eigenvalue weighted by atomic mass is 9.96. The summed E-state index contributed by atoms with van der Waals surface area (Å²) in [4.78, 5) is 19.1. The van der Waals surface area contributed by atoms with Gasteiger partial charge in [0.1, 0.15) is 5.69 Å². The molecule has 0 bridgehead atoms. The van der Waals surface area contributed by atoms with Crippen LogP contribution in [0.2, 0.25) is 0 Å². The molecule has 2 aromatic rings. The predicted molar refractivity (Wildman–Crippen MR) is 89.0 cm³/mol. The number of amides is 1. The lowest BCUT2D eigenvalue weighted by Crippen LogP contribution is -2.38. The first-order valence-electron chi connectivity index (χ1n) is 8.40. The first-order chi connectivity index (χ1) is 11.1.